The number of esters is 1. The maximum atomic E-state index is 15.4. The first-order chi connectivity index (χ1) is 59.6. The molecule has 0 unspecified atom stereocenters. The highest BCUT2D eigenvalue weighted by atomic mass is 16.8. The Morgan fingerprint density at radius 2 is 0.772 bits per heavy atom. The lowest BCUT2D eigenvalue weighted by atomic mass is 9.33. The van der Waals surface area contributed by atoms with Gasteiger partial charge < -0.3 is 213 Å². The zero-order chi connectivity index (χ0) is 92.6. The average Bonchev–Trinajstić information content (AvgIpc) is 0.673. The van der Waals surface area contributed by atoms with Crippen molar-refractivity contribution in [3.8, 4) is 0 Å². The number of ether oxygens (including phenoxy) is 18. The van der Waals surface area contributed by atoms with Gasteiger partial charge in [0, 0.05) is 0 Å². The van der Waals surface area contributed by atoms with Gasteiger partial charge in [-0.05, 0) is 130 Å². The van der Waals surface area contributed by atoms with E-state index in [-0.39, 0.29) is 34.0 Å². The van der Waals surface area contributed by atoms with Gasteiger partial charge >= 0.3 is 5.97 Å². The molecule has 5 aliphatic carbocycles. The highest BCUT2D eigenvalue weighted by Crippen LogP contribution is 2.76. The number of rotatable bonds is 23. The standard InChI is InChI=1S/C83H136O44/c1-28-42(88)48(94)55(101)68(113-28)111-26-37-46(92)50(96)57(103)71(119-37)123-64-35(23-85)117-72(60(106)53(64)99)124-65-36(24-86)118-73(61(107)54(65)100)125-66-44(90)30(3)115-75(62(66)108)126-67-45(91)33(87)25-110-76(67)121-41-14-15-80(8)39(79(41,6)7)13-16-82(10)40(80)12-11-31-32-21-78(4,5)17-19-83(32,20-18-81(31,82)9)77(109)127-74-58(104)51(97)47(93)38(120-74)27-112-69-59(105)52(98)63(34(22-84)116-69)122-70-56(102)49(95)43(89)29(2)114-70/h11,28-30,32-76,84-108H,12-27H2,1-10H3/t28-,29-,30-,32-,33-,34+,35+,36+,37+,38+,39-,40+,41-,42-,43-,44-,45-,46+,47+,48+,49+,50-,51-,52+,53+,54-,55+,56+,57+,58+,59+,60+,61+,62+,63+,64+,65+,66+,67+,68+,69+,70-,71-,72-,73-,74-,75-,76-,80-,81+,82+,83-/m0/s1. The van der Waals surface area contributed by atoms with Gasteiger partial charge in [-0.25, -0.2) is 0 Å². The fourth-order valence-electron chi connectivity index (χ4n) is 23.3. The van der Waals surface area contributed by atoms with E-state index in [1.54, 1.807) is 0 Å². The highest BCUT2D eigenvalue weighted by molar-refractivity contribution is 5.79. The van der Waals surface area contributed by atoms with E-state index in [1.807, 2.05) is 0 Å². The quantitative estimate of drug-likeness (QED) is 0.0257. The summed E-state index contributed by atoms with van der Waals surface area (Å²) in [6, 6.07) is 0. The summed E-state index contributed by atoms with van der Waals surface area (Å²) in [7, 11) is 0. The Bertz CT molecular complexity index is 3670. The smallest absolute Gasteiger partial charge is 0.315 e. The van der Waals surface area contributed by atoms with Crippen molar-refractivity contribution < 1.29 is 218 Å². The third-order valence-electron chi connectivity index (χ3n) is 31.4. The molecule has 25 N–H and O–H groups in total. The summed E-state index contributed by atoms with van der Waals surface area (Å²) < 4.78 is 107. The molecule has 4 saturated carbocycles. The molecule has 0 bridgehead atoms. The van der Waals surface area contributed by atoms with Crippen LogP contribution in [0.15, 0.2) is 11.6 Å². The Kier molecular flexibility index (Phi) is 30.7. The molecular formula is C83H136O44. The van der Waals surface area contributed by atoms with Crippen LogP contribution in [0, 0.1) is 50.2 Å². The minimum absolute atomic E-state index is 0.00865. The second-order valence-electron chi connectivity index (χ2n) is 39.9. The van der Waals surface area contributed by atoms with Crippen LogP contribution in [0.5, 0.6) is 0 Å². The molecule has 9 aliphatic heterocycles. The van der Waals surface area contributed by atoms with Crippen LogP contribution < -0.4 is 0 Å². The molecule has 0 aromatic rings. The Labute approximate surface area is 732 Å². The molecule has 0 aromatic heterocycles. The first kappa shape index (κ1) is 100. The lowest BCUT2D eigenvalue weighted by molar-refractivity contribution is -0.395. The lowest BCUT2D eigenvalue weighted by Gasteiger charge is -2.71. The molecule has 732 valence electrons. The number of allylic oxidation sites excluding steroid dienone is 2. The fourth-order valence-corrected chi connectivity index (χ4v) is 23.3. The molecule has 0 aromatic carbocycles. The van der Waals surface area contributed by atoms with Gasteiger partial charge in [0.15, 0.2) is 50.3 Å². The van der Waals surface area contributed by atoms with Crippen LogP contribution in [0.25, 0.3) is 0 Å². The molecular weight excluding hydrogens is 1700 g/mol. The summed E-state index contributed by atoms with van der Waals surface area (Å²) in [4.78, 5) is 15.4. The topological polar surface area (TPSA) is 689 Å². The molecule has 14 aliphatic rings. The van der Waals surface area contributed by atoms with Crippen LogP contribution in [0.2, 0.25) is 0 Å². The number of aliphatic hydroxyl groups excluding tert-OH is 25. The van der Waals surface area contributed by atoms with Crippen molar-refractivity contribution in [1.82, 2.24) is 0 Å². The molecule has 9 saturated heterocycles. The maximum Gasteiger partial charge on any atom is 0.315 e. The van der Waals surface area contributed by atoms with Gasteiger partial charge in [-0.1, -0.05) is 60.1 Å². The van der Waals surface area contributed by atoms with E-state index in [4.69, 9.17) is 85.3 Å². The van der Waals surface area contributed by atoms with Gasteiger partial charge in [-0.2, -0.15) is 0 Å². The van der Waals surface area contributed by atoms with Crippen molar-refractivity contribution in [2.45, 2.75) is 410 Å². The number of hydrogen-bond donors (Lipinski definition) is 25. The van der Waals surface area contributed by atoms with Crippen molar-refractivity contribution in [3.63, 3.8) is 0 Å². The van der Waals surface area contributed by atoms with Crippen molar-refractivity contribution in [1.29, 1.82) is 0 Å². The first-order valence-corrected chi connectivity index (χ1v) is 44.4. The van der Waals surface area contributed by atoms with Crippen LogP contribution in [0.4, 0.5) is 0 Å². The number of aliphatic hydroxyl groups is 25. The monoisotopic (exact) mass is 1840 g/mol. The minimum Gasteiger partial charge on any atom is -0.432 e. The van der Waals surface area contributed by atoms with Crippen molar-refractivity contribution in [2.75, 3.05) is 39.6 Å². The molecule has 0 radical (unpaired) electrons. The van der Waals surface area contributed by atoms with Gasteiger partial charge in [-0.15, -0.1) is 0 Å². The van der Waals surface area contributed by atoms with E-state index in [0.717, 1.165) is 18.4 Å². The van der Waals surface area contributed by atoms with Crippen LogP contribution >= 0.6 is 0 Å². The number of fused-ring (bicyclic) bond motifs is 7. The molecule has 52 atom stereocenters. The fraction of sp³-hybridized carbons (Fsp3) is 0.964. The van der Waals surface area contributed by atoms with Crippen LogP contribution in [0.3, 0.4) is 0 Å². The average molecular weight is 1840 g/mol. The minimum atomic E-state index is -2.19. The van der Waals surface area contributed by atoms with Gasteiger partial charge in [0.1, 0.15) is 195 Å². The molecule has 14 rings (SSSR count). The maximum absolute atomic E-state index is 15.4. The van der Waals surface area contributed by atoms with E-state index < -0.39 is 338 Å². The zero-order valence-electron chi connectivity index (χ0n) is 72.5. The summed E-state index contributed by atoms with van der Waals surface area (Å²) in [5.41, 5.74) is -1.96. The Hall–Kier alpha value is -2.47. The second-order valence-corrected chi connectivity index (χ2v) is 39.9. The largest absolute Gasteiger partial charge is 0.432 e. The van der Waals surface area contributed by atoms with Crippen molar-refractivity contribution >= 4 is 5.97 Å². The van der Waals surface area contributed by atoms with Gasteiger partial charge in [0.2, 0.25) is 6.29 Å². The van der Waals surface area contributed by atoms with Crippen LogP contribution in [-0.4, -0.2) is 450 Å². The van der Waals surface area contributed by atoms with Crippen LogP contribution in [0.1, 0.15) is 133 Å². The molecule has 9 heterocycles. The highest BCUT2D eigenvalue weighted by Gasteiger charge is 2.71. The first-order valence-electron chi connectivity index (χ1n) is 44.4. The third kappa shape index (κ3) is 18.3. The Balaban J connectivity index is 0.599. The predicted octanol–water partition coefficient (Wildman–Crippen LogP) is -9.19. The molecule has 0 spiro atoms. The molecule has 0 amide bonds. The SMILES string of the molecule is C[C@@H]1O[C@@H](OC[C@H]2O[C@@H](O[C@H]3[C@H](O)[C@@H](O)[C@H](O[C@H]4[C@@H](O)[C@@H](O)[C@H](O[C@@H]5[C@@H](O)[C@H](C)O[C@@H](O[C@H]6[C@H](O[C@H]7CC[C@]8(C)[C@H]9CC=C%10[C@@H]%11CC(C)(C)CC[C@]%11(C(=O)O[C@@H]%11O[C@H](CO[C@@H]%12O[C@H](CO)[C@@H](O[C@@H]%13O[C@@H](C)[C@H](O)[C@@H](O)[C@H]%13O)[C@H](O)[C@H]%12O)[C@@H](O)[C@H](O)[C@H]%11O)CC[C@@]%10(C)[C@]9(C)CC[C@H]8C7(C)C)OC[C@H](O)[C@@H]6O)[C@@H]5O)O[C@@H]4CO)O[C@@H]3CO)[C@H](O)[C@@H](O)[C@@H]2O)[C@H](O)[C@H](O)[C@H]1O. The summed E-state index contributed by atoms with van der Waals surface area (Å²) in [5.74, 6) is -0.900. The number of carbonyl (C=O) groups excluding carboxylic acids is 1. The second kappa shape index (κ2) is 38.8. The summed E-state index contributed by atoms with van der Waals surface area (Å²) in [5, 5.41) is 276. The van der Waals surface area contributed by atoms with Crippen molar-refractivity contribution in [3.05, 3.63) is 11.6 Å². The third-order valence-corrected chi connectivity index (χ3v) is 31.4. The lowest BCUT2D eigenvalue weighted by Crippen LogP contribution is -2.68. The number of carbonyl (C=O) groups is 1. The summed E-state index contributed by atoms with van der Waals surface area (Å²) in [6.45, 7) is 15.1. The zero-order valence-corrected chi connectivity index (χ0v) is 72.5. The van der Waals surface area contributed by atoms with Gasteiger partial charge in [0.05, 0.1) is 69.5 Å². The summed E-state index contributed by atoms with van der Waals surface area (Å²) >= 11 is 0. The van der Waals surface area contributed by atoms with E-state index in [1.165, 1.54) is 20.8 Å². The van der Waals surface area contributed by atoms with Gasteiger partial charge in [0.25, 0.3) is 0 Å². The predicted molar refractivity (Wildman–Crippen MR) is 416 cm³/mol. The Morgan fingerprint density at radius 3 is 1.29 bits per heavy atom. The van der Waals surface area contributed by atoms with Crippen LogP contribution in [-0.2, 0) is 90.1 Å². The summed E-state index contributed by atoms with van der Waals surface area (Å²) in [6.07, 6.45) is -69.6. The van der Waals surface area contributed by atoms with Crippen molar-refractivity contribution in [2.24, 2.45) is 50.2 Å². The van der Waals surface area contributed by atoms with E-state index >= 15 is 4.79 Å². The molecule has 127 heavy (non-hydrogen) atoms. The molecule has 44 nitrogen and oxygen atoms in total. The van der Waals surface area contributed by atoms with E-state index in [9.17, 15) is 128 Å². The molecule has 44 heteroatoms. The molecule has 13 fully saturated rings. The number of hydrogen-bond acceptors (Lipinski definition) is 44. The van der Waals surface area contributed by atoms with Gasteiger partial charge in [-0.3, -0.25) is 4.79 Å². The normalized spacial score (nSPS) is 54.8. The van der Waals surface area contributed by atoms with E-state index in [2.05, 4.69) is 54.5 Å². The Morgan fingerprint density at radius 1 is 0.370 bits per heavy atom. The van der Waals surface area contributed by atoms with E-state index in [0.29, 0.717) is 51.4 Å².